The number of para-hydroxylation sites is 1. The van der Waals surface area contributed by atoms with Crippen molar-refractivity contribution in [2.75, 3.05) is 6.61 Å². The number of hydrogen-bond acceptors (Lipinski definition) is 5. The number of benzene rings is 2. The minimum absolute atomic E-state index is 0.279. The normalized spacial score (nSPS) is 12.2. The first-order valence-corrected chi connectivity index (χ1v) is 11.0. The van der Waals surface area contributed by atoms with Crippen LogP contribution in [-0.4, -0.2) is 41.9 Å². The zero-order chi connectivity index (χ0) is 22.5. The second kappa shape index (κ2) is 7.60. The van der Waals surface area contributed by atoms with Crippen LogP contribution in [0, 0.1) is 0 Å². The molecule has 9 heteroatoms. The van der Waals surface area contributed by atoms with Crippen molar-refractivity contribution in [3.8, 4) is 17.1 Å². The van der Waals surface area contributed by atoms with E-state index in [2.05, 4.69) is 26.2 Å². The van der Waals surface area contributed by atoms with Crippen molar-refractivity contribution in [3.63, 3.8) is 0 Å². The second-order valence-corrected chi connectivity index (χ2v) is 8.29. The van der Waals surface area contributed by atoms with Crippen molar-refractivity contribution in [2.45, 2.75) is 19.9 Å². The molecule has 5 aromatic rings. The monoisotopic (exact) mass is 458 g/mol. The Kier molecular flexibility index (Phi) is 4.55. The first-order valence-electron chi connectivity index (χ1n) is 10.6. The molecule has 0 fully saturated rings. The fourth-order valence-corrected chi connectivity index (χ4v) is 4.60. The van der Waals surface area contributed by atoms with Crippen molar-refractivity contribution in [1.82, 2.24) is 29.3 Å². The number of aromatic amines is 1. The molecule has 3 aromatic heterocycles. The number of nitrogens with one attached hydrogen (secondary N) is 1. The van der Waals surface area contributed by atoms with Crippen LogP contribution < -0.4 is 0 Å². The summed E-state index contributed by atoms with van der Waals surface area (Å²) in [5.74, 6) is 1.03. The zero-order valence-electron chi connectivity index (χ0n) is 17.7. The molecule has 33 heavy (non-hydrogen) atoms. The van der Waals surface area contributed by atoms with E-state index in [1.165, 1.54) is 0 Å². The molecule has 0 amide bonds. The average Bonchev–Trinajstić information content (AvgIpc) is 3.51. The highest BCUT2D eigenvalue weighted by Crippen LogP contribution is 2.35. The topological polar surface area (TPSA) is 90.6 Å². The highest BCUT2D eigenvalue weighted by molar-refractivity contribution is 6.31. The number of esters is 1. The third-order valence-corrected chi connectivity index (χ3v) is 6.19. The molecule has 1 N–H and O–H groups in total. The van der Waals surface area contributed by atoms with Gasteiger partial charge in [-0.2, -0.15) is 0 Å². The number of H-pyrrole nitrogens is 1. The number of halogens is 1. The molecule has 0 spiro atoms. The van der Waals surface area contributed by atoms with E-state index < -0.39 is 5.97 Å². The van der Waals surface area contributed by atoms with Gasteiger partial charge in [-0.15, -0.1) is 10.2 Å². The van der Waals surface area contributed by atoms with Gasteiger partial charge in [0.05, 0.1) is 24.5 Å². The highest BCUT2D eigenvalue weighted by Gasteiger charge is 2.28. The molecule has 0 unspecified atom stereocenters. The van der Waals surface area contributed by atoms with Crippen LogP contribution in [0.2, 0.25) is 5.02 Å². The van der Waals surface area contributed by atoms with Gasteiger partial charge in [0.15, 0.2) is 11.5 Å². The third-order valence-electron chi connectivity index (χ3n) is 5.95. The Balaban J connectivity index is 1.52. The summed E-state index contributed by atoms with van der Waals surface area (Å²) in [6, 6.07) is 13.7. The SMILES string of the molecule is CCOC(=O)c1ncn2c1Cn1c(Cc3c[nH]c4ccccc34)nnc1-c1cc(Cl)ccc1-2. The molecular weight excluding hydrogens is 440 g/mol. The Morgan fingerprint density at radius 1 is 1.21 bits per heavy atom. The van der Waals surface area contributed by atoms with Crippen LogP contribution in [0.25, 0.3) is 28.0 Å². The highest BCUT2D eigenvalue weighted by atomic mass is 35.5. The van der Waals surface area contributed by atoms with Gasteiger partial charge in [0.25, 0.3) is 0 Å². The minimum Gasteiger partial charge on any atom is -0.461 e. The minimum atomic E-state index is -0.448. The fourth-order valence-electron chi connectivity index (χ4n) is 4.43. The van der Waals surface area contributed by atoms with Gasteiger partial charge in [0.1, 0.15) is 12.2 Å². The largest absolute Gasteiger partial charge is 0.461 e. The Labute approximate surface area is 193 Å². The number of fused-ring (bicyclic) bond motifs is 6. The van der Waals surface area contributed by atoms with E-state index >= 15 is 0 Å². The van der Waals surface area contributed by atoms with Crippen LogP contribution in [0.15, 0.2) is 55.0 Å². The molecule has 164 valence electrons. The summed E-state index contributed by atoms with van der Waals surface area (Å²) in [5, 5.41) is 10.8. The Bertz CT molecular complexity index is 1530. The molecule has 0 bridgehead atoms. The second-order valence-electron chi connectivity index (χ2n) is 7.85. The maximum Gasteiger partial charge on any atom is 0.358 e. The molecule has 2 aromatic carbocycles. The smallest absolute Gasteiger partial charge is 0.358 e. The average molecular weight is 459 g/mol. The molecule has 0 radical (unpaired) electrons. The lowest BCUT2D eigenvalue weighted by atomic mass is 10.1. The molecule has 0 aliphatic carbocycles. The molecule has 1 aliphatic heterocycles. The lowest BCUT2D eigenvalue weighted by Crippen LogP contribution is -2.13. The Hall–Kier alpha value is -3.91. The van der Waals surface area contributed by atoms with Gasteiger partial charge in [-0.3, -0.25) is 4.57 Å². The van der Waals surface area contributed by atoms with Gasteiger partial charge in [0.2, 0.25) is 0 Å². The number of ether oxygens (including phenoxy) is 1. The summed E-state index contributed by atoms with van der Waals surface area (Å²) < 4.78 is 9.19. The standard InChI is InChI=1S/C24H19ClN6O2/c1-2-33-24(32)22-20-12-30-21(9-14-11-26-18-6-4-3-5-16(14)18)28-29-23(30)17-10-15(25)7-8-19(17)31(20)13-27-22/h3-8,10-11,13,26H,2,9,12H2,1H3. The van der Waals surface area contributed by atoms with Crippen LogP contribution in [0.1, 0.15) is 34.5 Å². The van der Waals surface area contributed by atoms with Crippen molar-refractivity contribution >= 4 is 28.5 Å². The van der Waals surface area contributed by atoms with Gasteiger partial charge in [-0.25, -0.2) is 9.78 Å². The van der Waals surface area contributed by atoms with Crippen LogP contribution in [0.4, 0.5) is 0 Å². The van der Waals surface area contributed by atoms with Crippen molar-refractivity contribution in [3.05, 3.63) is 82.8 Å². The van der Waals surface area contributed by atoms with E-state index in [9.17, 15) is 4.79 Å². The fraction of sp³-hybridized carbons (Fsp3) is 0.167. The summed E-state index contributed by atoms with van der Waals surface area (Å²) in [4.78, 5) is 20.3. The third kappa shape index (κ3) is 3.14. The van der Waals surface area contributed by atoms with Gasteiger partial charge in [-0.1, -0.05) is 29.8 Å². The zero-order valence-corrected chi connectivity index (χ0v) is 18.5. The van der Waals surface area contributed by atoms with Gasteiger partial charge in [0, 0.05) is 34.1 Å². The van der Waals surface area contributed by atoms with Crippen LogP contribution >= 0.6 is 11.6 Å². The van der Waals surface area contributed by atoms with Crippen LogP contribution in [-0.2, 0) is 17.7 Å². The van der Waals surface area contributed by atoms with Crippen LogP contribution in [0.5, 0.6) is 0 Å². The molecule has 4 heterocycles. The molecular formula is C24H19ClN6O2. The van der Waals surface area contributed by atoms with E-state index in [0.29, 0.717) is 23.8 Å². The maximum atomic E-state index is 12.6. The van der Waals surface area contributed by atoms with E-state index in [1.807, 2.05) is 51.7 Å². The summed E-state index contributed by atoms with van der Waals surface area (Å²) >= 11 is 6.35. The predicted molar refractivity (Wildman–Crippen MR) is 124 cm³/mol. The molecule has 0 saturated heterocycles. The molecule has 0 saturated carbocycles. The number of carbonyl (C=O) groups excluding carboxylic acids is 1. The molecule has 0 atom stereocenters. The van der Waals surface area contributed by atoms with Crippen molar-refractivity contribution in [2.24, 2.45) is 0 Å². The number of hydrogen-bond donors (Lipinski definition) is 1. The Morgan fingerprint density at radius 2 is 2.09 bits per heavy atom. The van der Waals surface area contributed by atoms with Crippen molar-refractivity contribution in [1.29, 1.82) is 0 Å². The van der Waals surface area contributed by atoms with Crippen LogP contribution in [0.3, 0.4) is 0 Å². The summed E-state index contributed by atoms with van der Waals surface area (Å²) in [6.07, 6.45) is 4.23. The lowest BCUT2D eigenvalue weighted by Gasteiger charge is -2.09. The number of carbonyl (C=O) groups is 1. The van der Waals surface area contributed by atoms with E-state index in [-0.39, 0.29) is 12.3 Å². The number of aromatic nitrogens is 6. The first-order chi connectivity index (χ1) is 16.1. The number of imidazole rings is 1. The van der Waals surface area contributed by atoms with Gasteiger partial charge >= 0.3 is 5.97 Å². The summed E-state index contributed by atoms with van der Waals surface area (Å²) in [5.41, 5.74) is 4.86. The molecule has 6 rings (SSSR count). The van der Waals surface area contributed by atoms with E-state index in [1.54, 1.807) is 13.3 Å². The summed E-state index contributed by atoms with van der Waals surface area (Å²) in [6.45, 7) is 2.43. The van der Waals surface area contributed by atoms with Crippen molar-refractivity contribution < 1.29 is 9.53 Å². The maximum absolute atomic E-state index is 12.6. The first kappa shape index (κ1) is 19.8. The summed E-state index contributed by atoms with van der Waals surface area (Å²) in [7, 11) is 0. The molecule has 8 nitrogen and oxygen atoms in total. The number of nitrogens with zero attached hydrogens (tertiary/aromatic N) is 5. The number of rotatable bonds is 4. The van der Waals surface area contributed by atoms with Gasteiger partial charge in [-0.05, 0) is 36.8 Å². The predicted octanol–water partition coefficient (Wildman–Crippen LogP) is 4.39. The Morgan fingerprint density at radius 3 is 2.97 bits per heavy atom. The molecule has 1 aliphatic rings. The van der Waals surface area contributed by atoms with Gasteiger partial charge < -0.3 is 14.3 Å². The lowest BCUT2D eigenvalue weighted by molar-refractivity contribution is 0.0518. The van der Waals surface area contributed by atoms with E-state index in [4.69, 9.17) is 16.3 Å². The quantitative estimate of drug-likeness (QED) is 0.395. The van der Waals surface area contributed by atoms with E-state index in [0.717, 1.165) is 39.2 Å².